The molecule has 1 aromatic carbocycles. The molecule has 0 aliphatic rings. The monoisotopic (exact) mass is 385 g/mol. The number of anilines is 2. The van der Waals surface area contributed by atoms with E-state index in [1.807, 2.05) is 0 Å². The van der Waals surface area contributed by atoms with Crippen molar-refractivity contribution in [3.63, 3.8) is 0 Å². The highest BCUT2D eigenvalue weighted by Crippen LogP contribution is 2.25. The SMILES string of the molecule is C=CCNc1nc(C(=O)OCC(=O)Nc2ccc(Cl)c(Cl)c2)cs1. The van der Waals surface area contributed by atoms with Crippen LogP contribution in [0.15, 0.2) is 36.2 Å². The lowest BCUT2D eigenvalue weighted by Crippen LogP contribution is -2.21. The van der Waals surface area contributed by atoms with Gasteiger partial charge in [-0.25, -0.2) is 9.78 Å². The summed E-state index contributed by atoms with van der Waals surface area (Å²) in [5, 5.41) is 8.32. The summed E-state index contributed by atoms with van der Waals surface area (Å²) in [4.78, 5) is 27.7. The molecule has 0 atom stereocenters. The molecule has 1 aromatic heterocycles. The first-order valence-electron chi connectivity index (χ1n) is 6.72. The Morgan fingerprint density at radius 2 is 2.12 bits per heavy atom. The zero-order valence-electron chi connectivity index (χ0n) is 12.3. The molecule has 0 unspecified atom stereocenters. The fraction of sp³-hybridized carbons (Fsp3) is 0.133. The minimum atomic E-state index is -0.679. The molecule has 2 rings (SSSR count). The second kappa shape index (κ2) is 8.68. The van der Waals surface area contributed by atoms with E-state index >= 15 is 0 Å². The molecule has 0 bridgehead atoms. The lowest BCUT2D eigenvalue weighted by atomic mass is 10.3. The quantitative estimate of drug-likeness (QED) is 0.558. The largest absolute Gasteiger partial charge is 0.451 e. The maximum absolute atomic E-state index is 11.8. The zero-order chi connectivity index (χ0) is 17.5. The average molecular weight is 386 g/mol. The Morgan fingerprint density at radius 1 is 1.33 bits per heavy atom. The summed E-state index contributed by atoms with van der Waals surface area (Å²) < 4.78 is 4.92. The molecule has 0 saturated carbocycles. The standard InChI is InChI=1S/C15H13Cl2N3O3S/c1-2-5-18-15-20-12(8-24-15)14(22)23-7-13(21)19-9-3-4-10(16)11(17)6-9/h2-4,6,8H,1,5,7H2,(H,18,20)(H,19,21). The Labute approximate surface area is 152 Å². The van der Waals surface area contributed by atoms with E-state index in [-0.39, 0.29) is 5.69 Å². The number of nitrogens with zero attached hydrogens (tertiary/aromatic N) is 1. The van der Waals surface area contributed by atoms with Gasteiger partial charge in [-0.1, -0.05) is 29.3 Å². The van der Waals surface area contributed by atoms with Crippen molar-refractivity contribution >= 4 is 57.2 Å². The number of carbonyl (C=O) groups is 2. The van der Waals surface area contributed by atoms with Gasteiger partial charge in [-0.15, -0.1) is 17.9 Å². The van der Waals surface area contributed by atoms with E-state index in [2.05, 4.69) is 22.2 Å². The number of esters is 1. The highest BCUT2D eigenvalue weighted by Gasteiger charge is 2.14. The molecule has 2 aromatic rings. The van der Waals surface area contributed by atoms with Crippen LogP contribution < -0.4 is 10.6 Å². The van der Waals surface area contributed by atoms with E-state index in [4.69, 9.17) is 27.9 Å². The van der Waals surface area contributed by atoms with Crippen molar-refractivity contribution in [1.82, 2.24) is 4.98 Å². The van der Waals surface area contributed by atoms with Crippen molar-refractivity contribution in [2.45, 2.75) is 0 Å². The molecule has 1 amide bonds. The topological polar surface area (TPSA) is 80.3 Å². The number of amides is 1. The van der Waals surface area contributed by atoms with E-state index in [1.165, 1.54) is 17.4 Å². The maximum atomic E-state index is 11.8. The Balaban J connectivity index is 1.84. The van der Waals surface area contributed by atoms with Crippen LogP contribution >= 0.6 is 34.5 Å². The highest BCUT2D eigenvalue weighted by atomic mass is 35.5. The number of benzene rings is 1. The summed E-state index contributed by atoms with van der Waals surface area (Å²) in [6.45, 7) is 3.67. The molecule has 9 heteroatoms. The van der Waals surface area contributed by atoms with Crippen LogP contribution in [0.4, 0.5) is 10.8 Å². The fourth-order valence-corrected chi connectivity index (χ4v) is 2.57. The van der Waals surface area contributed by atoms with Crippen molar-refractivity contribution < 1.29 is 14.3 Å². The van der Waals surface area contributed by atoms with Gasteiger partial charge in [0.1, 0.15) is 0 Å². The van der Waals surface area contributed by atoms with Gasteiger partial charge < -0.3 is 15.4 Å². The summed E-state index contributed by atoms with van der Waals surface area (Å²) in [5.41, 5.74) is 0.587. The Hall–Kier alpha value is -2.09. The Kier molecular flexibility index (Phi) is 6.60. The van der Waals surface area contributed by atoms with E-state index in [0.29, 0.717) is 27.4 Å². The number of hydrogen-bond acceptors (Lipinski definition) is 6. The predicted molar refractivity (Wildman–Crippen MR) is 96.2 cm³/mol. The summed E-state index contributed by atoms with van der Waals surface area (Å²) >= 11 is 12.9. The number of aromatic nitrogens is 1. The number of hydrogen-bond donors (Lipinski definition) is 2. The molecular formula is C15H13Cl2N3O3S. The van der Waals surface area contributed by atoms with Crippen molar-refractivity contribution in [3.05, 3.63) is 52.0 Å². The molecule has 0 fully saturated rings. The average Bonchev–Trinajstić information content (AvgIpc) is 3.03. The fourth-order valence-electron chi connectivity index (χ4n) is 1.58. The van der Waals surface area contributed by atoms with Gasteiger partial charge in [0.25, 0.3) is 5.91 Å². The maximum Gasteiger partial charge on any atom is 0.358 e. The van der Waals surface area contributed by atoms with Crippen LogP contribution in [0.1, 0.15) is 10.5 Å². The van der Waals surface area contributed by atoms with Gasteiger partial charge in [0.15, 0.2) is 17.4 Å². The van der Waals surface area contributed by atoms with E-state index < -0.39 is 18.5 Å². The number of ether oxygens (including phenoxy) is 1. The molecule has 1 heterocycles. The number of nitrogens with one attached hydrogen (secondary N) is 2. The smallest absolute Gasteiger partial charge is 0.358 e. The number of carbonyl (C=O) groups excluding carboxylic acids is 2. The van der Waals surface area contributed by atoms with Crippen LogP contribution in [0.5, 0.6) is 0 Å². The molecule has 0 radical (unpaired) electrons. The lowest BCUT2D eigenvalue weighted by molar-refractivity contribution is -0.119. The summed E-state index contributed by atoms with van der Waals surface area (Å²) in [5.74, 6) is -1.18. The van der Waals surface area contributed by atoms with Crippen LogP contribution in [-0.2, 0) is 9.53 Å². The van der Waals surface area contributed by atoms with Crippen molar-refractivity contribution in [1.29, 1.82) is 0 Å². The molecule has 0 spiro atoms. The third-order valence-electron chi connectivity index (χ3n) is 2.65. The van der Waals surface area contributed by atoms with Gasteiger partial charge in [0, 0.05) is 17.6 Å². The first-order chi connectivity index (χ1) is 11.5. The number of rotatable bonds is 7. The first kappa shape index (κ1) is 18.3. The van der Waals surface area contributed by atoms with Crippen LogP contribution in [-0.4, -0.2) is 30.0 Å². The molecule has 0 aliphatic heterocycles. The van der Waals surface area contributed by atoms with Crippen LogP contribution in [0.25, 0.3) is 0 Å². The summed E-state index contributed by atoms with van der Waals surface area (Å²) in [6, 6.07) is 4.64. The van der Waals surface area contributed by atoms with Crippen LogP contribution in [0.2, 0.25) is 10.0 Å². The second-order valence-electron chi connectivity index (χ2n) is 4.46. The normalized spacial score (nSPS) is 10.1. The first-order valence-corrected chi connectivity index (χ1v) is 8.35. The van der Waals surface area contributed by atoms with E-state index in [1.54, 1.807) is 23.6 Å². The van der Waals surface area contributed by atoms with E-state index in [0.717, 1.165) is 0 Å². The molecule has 6 nitrogen and oxygen atoms in total. The third kappa shape index (κ3) is 5.23. The predicted octanol–water partition coefficient (Wildman–Crippen LogP) is 3.84. The van der Waals surface area contributed by atoms with Gasteiger partial charge in [-0.05, 0) is 18.2 Å². The summed E-state index contributed by atoms with van der Waals surface area (Å²) in [6.07, 6.45) is 1.67. The molecule has 126 valence electrons. The second-order valence-corrected chi connectivity index (χ2v) is 6.13. The van der Waals surface area contributed by atoms with Gasteiger partial charge in [0.05, 0.1) is 10.0 Å². The summed E-state index contributed by atoms with van der Waals surface area (Å²) in [7, 11) is 0. The van der Waals surface area contributed by atoms with Gasteiger partial charge in [0.2, 0.25) is 0 Å². The molecule has 0 saturated heterocycles. The lowest BCUT2D eigenvalue weighted by Gasteiger charge is -2.06. The van der Waals surface area contributed by atoms with Gasteiger partial charge in [-0.3, -0.25) is 4.79 Å². The van der Waals surface area contributed by atoms with E-state index in [9.17, 15) is 9.59 Å². The minimum Gasteiger partial charge on any atom is -0.451 e. The molecule has 2 N–H and O–H groups in total. The molecule has 0 aliphatic carbocycles. The molecular weight excluding hydrogens is 373 g/mol. The molecule has 24 heavy (non-hydrogen) atoms. The Morgan fingerprint density at radius 3 is 2.83 bits per heavy atom. The zero-order valence-corrected chi connectivity index (χ0v) is 14.7. The van der Waals surface area contributed by atoms with Gasteiger partial charge in [-0.2, -0.15) is 0 Å². The van der Waals surface area contributed by atoms with Gasteiger partial charge >= 0.3 is 5.97 Å². The Bertz CT molecular complexity index is 764. The van der Waals surface area contributed by atoms with Crippen LogP contribution in [0, 0.1) is 0 Å². The van der Waals surface area contributed by atoms with Crippen LogP contribution in [0.3, 0.4) is 0 Å². The van der Waals surface area contributed by atoms with Crippen molar-refractivity contribution in [2.75, 3.05) is 23.8 Å². The third-order valence-corrected chi connectivity index (χ3v) is 4.19. The van der Waals surface area contributed by atoms with Crippen molar-refractivity contribution in [2.24, 2.45) is 0 Å². The highest BCUT2D eigenvalue weighted by molar-refractivity contribution is 7.13. The number of thiazole rings is 1. The van der Waals surface area contributed by atoms with Crippen molar-refractivity contribution in [3.8, 4) is 0 Å². The minimum absolute atomic E-state index is 0.133. The number of halogens is 2.